The molecule has 1 aromatic heterocycles. The molecule has 1 heterocycles. The van der Waals surface area contributed by atoms with Crippen LogP contribution in [0.25, 0.3) is 0 Å². The standard InChI is InChI=1S/C15H15F2N3O3/c1-23-14(21)5-7-20(15(22)13-4-6-18-19-13)9-10-2-3-11(16)12(17)8-10/h2-4,6,8H,5,7,9H2,1H3,(H,18,19). The van der Waals surface area contributed by atoms with E-state index in [9.17, 15) is 18.4 Å². The number of carbonyl (C=O) groups is 2. The Labute approximate surface area is 131 Å². The molecule has 0 fully saturated rings. The Morgan fingerprint density at radius 3 is 2.65 bits per heavy atom. The van der Waals surface area contributed by atoms with Crippen molar-refractivity contribution in [3.63, 3.8) is 0 Å². The van der Waals surface area contributed by atoms with Gasteiger partial charge in [-0.1, -0.05) is 6.07 Å². The van der Waals surface area contributed by atoms with Crippen LogP contribution in [0, 0.1) is 11.6 Å². The number of hydrogen-bond acceptors (Lipinski definition) is 4. The maximum Gasteiger partial charge on any atom is 0.307 e. The van der Waals surface area contributed by atoms with E-state index in [2.05, 4.69) is 14.9 Å². The summed E-state index contributed by atoms with van der Waals surface area (Å²) in [5.41, 5.74) is 0.638. The quantitative estimate of drug-likeness (QED) is 0.824. The van der Waals surface area contributed by atoms with Crippen LogP contribution in [0.2, 0.25) is 0 Å². The Morgan fingerprint density at radius 1 is 1.26 bits per heavy atom. The van der Waals surface area contributed by atoms with E-state index < -0.39 is 23.5 Å². The first kappa shape index (κ1) is 16.6. The molecule has 0 aliphatic rings. The summed E-state index contributed by atoms with van der Waals surface area (Å²) < 4.78 is 30.8. The highest BCUT2D eigenvalue weighted by Crippen LogP contribution is 2.13. The van der Waals surface area contributed by atoms with Crippen molar-refractivity contribution < 1.29 is 23.1 Å². The fraction of sp³-hybridized carbons (Fsp3) is 0.267. The van der Waals surface area contributed by atoms with Gasteiger partial charge in [0.15, 0.2) is 11.6 Å². The number of H-pyrrole nitrogens is 1. The second kappa shape index (κ2) is 7.48. The first-order valence-electron chi connectivity index (χ1n) is 6.80. The maximum atomic E-state index is 13.3. The van der Waals surface area contributed by atoms with E-state index in [-0.39, 0.29) is 25.2 Å². The zero-order valence-corrected chi connectivity index (χ0v) is 12.4. The molecule has 1 aromatic carbocycles. The summed E-state index contributed by atoms with van der Waals surface area (Å²) in [5, 5.41) is 6.23. The molecule has 1 N–H and O–H groups in total. The minimum Gasteiger partial charge on any atom is -0.469 e. The molecule has 2 aromatic rings. The van der Waals surface area contributed by atoms with Gasteiger partial charge in [-0.25, -0.2) is 8.78 Å². The zero-order chi connectivity index (χ0) is 16.8. The predicted octanol–water partition coefficient (Wildman–Crippen LogP) is 1.89. The van der Waals surface area contributed by atoms with Crippen LogP contribution in [0.4, 0.5) is 8.78 Å². The van der Waals surface area contributed by atoms with Crippen molar-refractivity contribution in [3.8, 4) is 0 Å². The summed E-state index contributed by atoms with van der Waals surface area (Å²) in [7, 11) is 1.25. The highest BCUT2D eigenvalue weighted by molar-refractivity contribution is 5.92. The van der Waals surface area contributed by atoms with Gasteiger partial charge in [-0.15, -0.1) is 0 Å². The molecule has 0 atom stereocenters. The number of methoxy groups -OCH3 is 1. The Bertz CT molecular complexity index is 689. The average Bonchev–Trinajstić information content (AvgIpc) is 3.08. The number of nitrogens with one attached hydrogen (secondary N) is 1. The molecule has 0 aliphatic heterocycles. The Kier molecular flexibility index (Phi) is 5.40. The summed E-state index contributed by atoms with van der Waals surface area (Å²) in [4.78, 5) is 25.0. The van der Waals surface area contributed by atoms with Gasteiger partial charge in [0.05, 0.1) is 13.5 Å². The lowest BCUT2D eigenvalue weighted by molar-refractivity contribution is -0.140. The van der Waals surface area contributed by atoms with E-state index in [1.54, 1.807) is 0 Å². The molecule has 0 unspecified atom stereocenters. The van der Waals surface area contributed by atoms with Gasteiger partial charge in [-0.05, 0) is 23.8 Å². The highest BCUT2D eigenvalue weighted by atomic mass is 19.2. The molecule has 0 bridgehead atoms. The molecule has 0 spiro atoms. The molecular weight excluding hydrogens is 308 g/mol. The van der Waals surface area contributed by atoms with Crippen LogP contribution in [0.3, 0.4) is 0 Å². The number of ether oxygens (including phenoxy) is 1. The normalized spacial score (nSPS) is 10.4. The van der Waals surface area contributed by atoms with Crippen LogP contribution in [0.1, 0.15) is 22.5 Å². The number of aromatic amines is 1. The SMILES string of the molecule is COC(=O)CCN(Cc1ccc(F)c(F)c1)C(=O)c1ccn[nH]1. The van der Waals surface area contributed by atoms with E-state index in [0.717, 1.165) is 12.1 Å². The summed E-state index contributed by atoms with van der Waals surface area (Å²) in [6.07, 6.45) is 1.41. The topological polar surface area (TPSA) is 75.3 Å². The zero-order valence-electron chi connectivity index (χ0n) is 12.4. The molecule has 122 valence electrons. The largest absolute Gasteiger partial charge is 0.469 e. The predicted molar refractivity (Wildman–Crippen MR) is 76.3 cm³/mol. The third kappa shape index (κ3) is 4.35. The molecule has 8 heteroatoms. The van der Waals surface area contributed by atoms with Crippen LogP contribution in [0.15, 0.2) is 30.5 Å². The van der Waals surface area contributed by atoms with Gasteiger partial charge < -0.3 is 9.64 Å². The number of halogens is 2. The van der Waals surface area contributed by atoms with Crippen LogP contribution in [-0.4, -0.2) is 40.6 Å². The average molecular weight is 323 g/mol. The molecule has 0 saturated carbocycles. The second-order valence-corrected chi connectivity index (χ2v) is 4.77. The maximum absolute atomic E-state index is 13.3. The van der Waals surface area contributed by atoms with E-state index in [0.29, 0.717) is 5.56 Å². The Morgan fingerprint density at radius 2 is 2.04 bits per heavy atom. The van der Waals surface area contributed by atoms with Crippen molar-refractivity contribution in [1.29, 1.82) is 0 Å². The molecule has 0 aliphatic carbocycles. The number of rotatable bonds is 6. The Balaban J connectivity index is 2.16. The summed E-state index contributed by atoms with van der Waals surface area (Å²) in [6, 6.07) is 4.87. The van der Waals surface area contributed by atoms with Gasteiger partial charge in [0.1, 0.15) is 5.69 Å². The van der Waals surface area contributed by atoms with Crippen LogP contribution in [0.5, 0.6) is 0 Å². The molecule has 0 saturated heterocycles. The fourth-order valence-corrected chi connectivity index (χ4v) is 1.98. The van der Waals surface area contributed by atoms with Crippen LogP contribution in [-0.2, 0) is 16.1 Å². The second-order valence-electron chi connectivity index (χ2n) is 4.77. The monoisotopic (exact) mass is 323 g/mol. The smallest absolute Gasteiger partial charge is 0.307 e. The van der Waals surface area contributed by atoms with E-state index in [1.165, 1.54) is 30.3 Å². The minimum absolute atomic E-state index is 0.0138. The van der Waals surface area contributed by atoms with Gasteiger partial charge in [-0.3, -0.25) is 14.7 Å². The number of carbonyl (C=O) groups excluding carboxylic acids is 2. The van der Waals surface area contributed by atoms with E-state index >= 15 is 0 Å². The number of esters is 1. The van der Waals surface area contributed by atoms with Crippen molar-refractivity contribution in [2.45, 2.75) is 13.0 Å². The lowest BCUT2D eigenvalue weighted by Crippen LogP contribution is -2.33. The van der Waals surface area contributed by atoms with Crippen LogP contribution < -0.4 is 0 Å². The third-order valence-electron chi connectivity index (χ3n) is 3.19. The van der Waals surface area contributed by atoms with E-state index in [1.807, 2.05) is 0 Å². The van der Waals surface area contributed by atoms with Gasteiger partial charge in [0.2, 0.25) is 0 Å². The highest BCUT2D eigenvalue weighted by Gasteiger charge is 2.19. The van der Waals surface area contributed by atoms with Crippen molar-refractivity contribution in [3.05, 3.63) is 53.4 Å². The summed E-state index contributed by atoms with van der Waals surface area (Å²) in [6.45, 7) is 0.0928. The number of benzene rings is 1. The lowest BCUT2D eigenvalue weighted by atomic mass is 10.2. The molecule has 6 nitrogen and oxygen atoms in total. The summed E-state index contributed by atoms with van der Waals surface area (Å²) >= 11 is 0. The van der Waals surface area contributed by atoms with Gasteiger partial charge in [0, 0.05) is 19.3 Å². The molecule has 1 amide bonds. The van der Waals surface area contributed by atoms with Gasteiger partial charge in [0.25, 0.3) is 5.91 Å². The molecule has 23 heavy (non-hydrogen) atoms. The van der Waals surface area contributed by atoms with Gasteiger partial charge in [-0.2, -0.15) is 5.10 Å². The lowest BCUT2D eigenvalue weighted by Gasteiger charge is -2.21. The minimum atomic E-state index is -0.996. The third-order valence-corrected chi connectivity index (χ3v) is 3.19. The van der Waals surface area contributed by atoms with Crippen molar-refractivity contribution in [1.82, 2.24) is 15.1 Å². The van der Waals surface area contributed by atoms with Crippen LogP contribution >= 0.6 is 0 Å². The van der Waals surface area contributed by atoms with Crippen molar-refractivity contribution in [2.24, 2.45) is 0 Å². The fourth-order valence-electron chi connectivity index (χ4n) is 1.98. The molecular formula is C15H15F2N3O3. The number of hydrogen-bond donors (Lipinski definition) is 1. The number of nitrogens with zero attached hydrogens (tertiary/aromatic N) is 2. The van der Waals surface area contributed by atoms with Crippen molar-refractivity contribution >= 4 is 11.9 Å². The summed E-state index contributed by atoms with van der Waals surface area (Å²) in [5.74, 6) is -2.84. The Hall–Kier alpha value is -2.77. The first-order valence-corrected chi connectivity index (χ1v) is 6.80. The van der Waals surface area contributed by atoms with Crippen molar-refractivity contribution in [2.75, 3.05) is 13.7 Å². The number of amides is 1. The van der Waals surface area contributed by atoms with Gasteiger partial charge >= 0.3 is 5.97 Å². The first-order chi connectivity index (χ1) is 11.0. The number of aromatic nitrogens is 2. The molecule has 2 rings (SSSR count). The molecule has 0 radical (unpaired) electrons. The van der Waals surface area contributed by atoms with E-state index in [4.69, 9.17) is 0 Å².